The van der Waals surface area contributed by atoms with Crippen LogP contribution < -0.4 is 21.7 Å². The van der Waals surface area contributed by atoms with Gasteiger partial charge in [-0.2, -0.15) is 5.10 Å². The van der Waals surface area contributed by atoms with Crippen molar-refractivity contribution in [1.82, 2.24) is 20.0 Å². The van der Waals surface area contributed by atoms with Crippen LogP contribution >= 0.6 is 23.2 Å². The second-order valence-electron chi connectivity index (χ2n) is 10.4. The summed E-state index contributed by atoms with van der Waals surface area (Å²) in [6.45, 7) is 1.79. The fraction of sp³-hybridized carbons (Fsp3) is 0.556. The van der Waals surface area contributed by atoms with E-state index in [2.05, 4.69) is 20.3 Å². The number of carbonyl (C=O) groups excluding carboxylic acids is 2. The summed E-state index contributed by atoms with van der Waals surface area (Å²) in [6, 6.07) is 6.52. The molecule has 0 radical (unpaired) electrons. The Balaban J connectivity index is 1.42. The van der Waals surface area contributed by atoms with Crippen LogP contribution in [0.15, 0.2) is 29.3 Å². The summed E-state index contributed by atoms with van der Waals surface area (Å²) in [7, 11) is 3.48. The zero-order chi connectivity index (χ0) is 28.8. The maximum atomic E-state index is 13.3. The monoisotopic (exact) mass is 592 g/mol. The molecular weight excluding hydrogens is 555 g/mol. The Bertz CT molecular complexity index is 1230. The van der Waals surface area contributed by atoms with E-state index in [4.69, 9.17) is 39.4 Å². The predicted molar refractivity (Wildman–Crippen MR) is 157 cm³/mol. The highest BCUT2D eigenvalue weighted by Crippen LogP contribution is 2.34. The van der Waals surface area contributed by atoms with Gasteiger partial charge in [0.2, 0.25) is 11.8 Å². The Kier molecular flexibility index (Phi) is 10.2. The molecular formula is C27H38Cl2N8O3. The lowest BCUT2D eigenvalue weighted by Gasteiger charge is -2.42. The van der Waals surface area contributed by atoms with Crippen molar-refractivity contribution in [3.63, 3.8) is 0 Å². The molecule has 1 unspecified atom stereocenters. The van der Waals surface area contributed by atoms with Crippen molar-refractivity contribution < 1.29 is 14.3 Å². The summed E-state index contributed by atoms with van der Waals surface area (Å²) < 4.78 is 7.25. The molecule has 40 heavy (non-hydrogen) atoms. The number of carbonyl (C=O) groups is 2. The van der Waals surface area contributed by atoms with Gasteiger partial charge in [0.05, 0.1) is 34.9 Å². The molecule has 1 saturated heterocycles. The van der Waals surface area contributed by atoms with Gasteiger partial charge in [0.15, 0.2) is 5.96 Å². The molecule has 0 bridgehead atoms. The van der Waals surface area contributed by atoms with Crippen LogP contribution in [0.2, 0.25) is 10.0 Å². The molecule has 5 N–H and O–H groups in total. The van der Waals surface area contributed by atoms with Crippen LogP contribution in [0, 0.1) is 5.92 Å². The smallest absolute Gasteiger partial charge is 0.245 e. The average Bonchev–Trinajstić information content (AvgIpc) is 3.33. The van der Waals surface area contributed by atoms with Gasteiger partial charge in [-0.1, -0.05) is 54.6 Å². The maximum absolute atomic E-state index is 13.3. The van der Waals surface area contributed by atoms with Crippen LogP contribution in [-0.4, -0.2) is 84.4 Å². The highest BCUT2D eigenvalue weighted by atomic mass is 35.5. The van der Waals surface area contributed by atoms with Crippen molar-refractivity contribution in [2.24, 2.45) is 29.4 Å². The molecule has 2 atom stereocenters. The molecule has 1 aromatic heterocycles. The third kappa shape index (κ3) is 7.00. The van der Waals surface area contributed by atoms with Crippen LogP contribution in [0.4, 0.5) is 5.82 Å². The minimum Gasteiger partial charge on any atom is -0.382 e. The largest absolute Gasteiger partial charge is 0.382 e. The van der Waals surface area contributed by atoms with E-state index >= 15 is 0 Å². The van der Waals surface area contributed by atoms with Crippen LogP contribution in [-0.2, 0) is 21.4 Å². The van der Waals surface area contributed by atoms with Gasteiger partial charge in [-0.05, 0) is 24.8 Å². The lowest BCUT2D eigenvalue weighted by atomic mass is 9.83. The molecule has 1 saturated carbocycles. The normalized spacial score (nSPS) is 18.9. The molecule has 2 aliphatic rings. The van der Waals surface area contributed by atoms with E-state index in [1.165, 1.54) is 0 Å². The molecule has 2 fully saturated rings. The molecule has 0 spiro atoms. The zero-order valence-corrected chi connectivity index (χ0v) is 24.5. The van der Waals surface area contributed by atoms with E-state index in [1.54, 1.807) is 22.8 Å². The fourth-order valence-corrected chi connectivity index (χ4v) is 6.07. The number of aliphatic imine (C=N–C) groups is 1. The summed E-state index contributed by atoms with van der Waals surface area (Å²) >= 11 is 12.6. The topological polar surface area (TPSA) is 144 Å². The predicted octanol–water partition coefficient (Wildman–Crippen LogP) is 2.40. The molecule has 1 aliphatic heterocycles. The number of benzene rings is 1. The van der Waals surface area contributed by atoms with Gasteiger partial charge in [-0.15, -0.1) is 0 Å². The number of guanidine groups is 1. The lowest BCUT2D eigenvalue weighted by molar-refractivity contribution is -0.136. The van der Waals surface area contributed by atoms with Crippen LogP contribution in [0.1, 0.15) is 32.1 Å². The Labute approximate surface area is 244 Å². The molecule has 2 amide bonds. The molecule has 11 nitrogen and oxygen atoms in total. The number of hydrogen-bond donors (Lipinski definition) is 3. The molecule has 1 aromatic carbocycles. The van der Waals surface area contributed by atoms with E-state index < -0.39 is 6.04 Å². The van der Waals surface area contributed by atoms with E-state index in [0.29, 0.717) is 42.0 Å². The summed E-state index contributed by atoms with van der Waals surface area (Å²) in [5.74, 6) is 0.335. The molecule has 2 heterocycles. The first kappa shape index (κ1) is 30.0. The number of aromatic nitrogens is 2. The number of ether oxygens (including phenoxy) is 1. The van der Waals surface area contributed by atoms with Gasteiger partial charge in [-0.3, -0.25) is 14.3 Å². The third-order valence-electron chi connectivity index (χ3n) is 7.64. The Hall–Kier alpha value is -3.02. The first-order valence-electron chi connectivity index (χ1n) is 13.6. The molecule has 1 aliphatic carbocycles. The van der Waals surface area contributed by atoms with Gasteiger partial charge >= 0.3 is 0 Å². The minimum absolute atomic E-state index is 0.0707. The summed E-state index contributed by atoms with van der Waals surface area (Å²) in [5, 5.41) is 8.36. The first-order valence-corrected chi connectivity index (χ1v) is 14.3. The average molecular weight is 594 g/mol. The van der Waals surface area contributed by atoms with Gasteiger partial charge in [0, 0.05) is 45.4 Å². The van der Waals surface area contributed by atoms with Gasteiger partial charge in [0.1, 0.15) is 11.9 Å². The van der Waals surface area contributed by atoms with Crippen LogP contribution in [0.25, 0.3) is 11.3 Å². The SMILES string of the molecule is COCC1CN(c2cc(-c3cccc(Cl)c3Cl)nn2C)CCN1C(=O)CNC(=O)[C@H](N=C(N)N)C1CCCCC1. The van der Waals surface area contributed by atoms with Gasteiger partial charge in [-0.25, -0.2) is 4.99 Å². The van der Waals surface area contributed by atoms with Crippen molar-refractivity contribution in [3.05, 3.63) is 34.3 Å². The van der Waals surface area contributed by atoms with Crippen molar-refractivity contribution in [1.29, 1.82) is 0 Å². The third-order valence-corrected chi connectivity index (χ3v) is 8.45. The highest BCUT2D eigenvalue weighted by molar-refractivity contribution is 6.43. The number of nitrogens with one attached hydrogen (secondary N) is 1. The number of rotatable bonds is 9. The molecule has 2 aromatic rings. The molecule has 218 valence electrons. The second kappa shape index (κ2) is 13.6. The van der Waals surface area contributed by atoms with Crippen LogP contribution in [0.5, 0.6) is 0 Å². The Morgan fingerprint density at radius 1 is 1.20 bits per heavy atom. The van der Waals surface area contributed by atoms with Gasteiger partial charge < -0.3 is 31.3 Å². The zero-order valence-electron chi connectivity index (χ0n) is 23.0. The van der Waals surface area contributed by atoms with Crippen molar-refractivity contribution in [2.45, 2.75) is 44.2 Å². The van der Waals surface area contributed by atoms with E-state index in [1.807, 2.05) is 25.2 Å². The first-order chi connectivity index (χ1) is 19.2. The number of amides is 2. The van der Waals surface area contributed by atoms with Crippen LogP contribution in [0.3, 0.4) is 0 Å². The highest BCUT2D eigenvalue weighted by Gasteiger charge is 2.34. The van der Waals surface area contributed by atoms with Crippen molar-refractivity contribution in [2.75, 3.05) is 44.8 Å². The molecule has 4 rings (SSSR count). The summed E-state index contributed by atoms with van der Waals surface area (Å²) in [6.07, 6.45) is 5.01. The number of nitrogens with zero attached hydrogens (tertiary/aromatic N) is 5. The van der Waals surface area contributed by atoms with Gasteiger partial charge in [0.25, 0.3) is 0 Å². The maximum Gasteiger partial charge on any atom is 0.245 e. The Morgan fingerprint density at radius 3 is 2.65 bits per heavy atom. The molecule has 13 heteroatoms. The number of halogens is 2. The number of anilines is 1. The van der Waals surface area contributed by atoms with E-state index in [-0.39, 0.29) is 36.3 Å². The van der Waals surface area contributed by atoms with Crippen molar-refractivity contribution >= 4 is 46.8 Å². The number of aryl methyl sites for hydroxylation is 1. The number of hydrogen-bond acceptors (Lipinski definition) is 6. The Morgan fingerprint density at radius 2 is 1.95 bits per heavy atom. The summed E-state index contributed by atoms with van der Waals surface area (Å²) in [5.41, 5.74) is 12.7. The minimum atomic E-state index is -0.684. The number of piperazine rings is 1. The summed E-state index contributed by atoms with van der Waals surface area (Å²) in [4.78, 5) is 34.5. The lowest BCUT2D eigenvalue weighted by Crippen LogP contribution is -2.59. The van der Waals surface area contributed by atoms with Crippen molar-refractivity contribution in [3.8, 4) is 11.3 Å². The second-order valence-corrected chi connectivity index (χ2v) is 11.2. The fourth-order valence-electron chi connectivity index (χ4n) is 5.67. The number of nitrogens with two attached hydrogens (primary N) is 2. The standard InChI is InChI=1S/C27H38Cl2N8O3/c1-35-22(13-21(34-35)19-9-6-10-20(28)24(19)29)36-11-12-37(18(15-36)16-40-2)23(38)14-32-26(39)25(33-27(30)31)17-7-4-3-5-8-17/h6,9-10,13,17-18,25H,3-5,7-8,11-12,14-16H2,1-2H3,(H,32,39)(H4,30,31,33)/t18?,25-/m1/s1. The number of methoxy groups -OCH3 is 1. The quantitative estimate of drug-likeness (QED) is 0.299. The van der Waals surface area contributed by atoms with E-state index in [9.17, 15) is 9.59 Å². The van der Waals surface area contributed by atoms with E-state index in [0.717, 1.165) is 43.5 Å².